The van der Waals surface area contributed by atoms with Gasteiger partial charge in [0.2, 0.25) is 12.5 Å². The van der Waals surface area contributed by atoms with Gasteiger partial charge in [0, 0.05) is 19.2 Å². The molecule has 1 aromatic rings. The number of ether oxygens (including phenoxy) is 3. The van der Waals surface area contributed by atoms with Gasteiger partial charge in [-0.1, -0.05) is 6.92 Å². The Labute approximate surface area is 113 Å². The Morgan fingerprint density at radius 2 is 2.16 bits per heavy atom. The Morgan fingerprint density at radius 1 is 1.37 bits per heavy atom. The van der Waals surface area contributed by atoms with E-state index >= 15 is 0 Å². The number of benzene rings is 1. The van der Waals surface area contributed by atoms with Crippen LogP contribution in [0.4, 0.5) is 0 Å². The third-order valence-corrected chi connectivity index (χ3v) is 3.49. The zero-order chi connectivity index (χ0) is 13.8. The van der Waals surface area contributed by atoms with Crippen molar-refractivity contribution < 1.29 is 19.3 Å². The second-order valence-corrected chi connectivity index (χ2v) is 4.86. The molecule has 0 fully saturated rings. The summed E-state index contributed by atoms with van der Waals surface area (Å²) in [7, 11) is 1.62. The molecule has 0 amide bonds. The number of nitrogens with one attached hydrogen (secondary N) is 1. The SMILES string of the molecule is COc1cc(CNC(C)C(C)CO)cc2c1OCO2. The lowest BCUT2D eigenvalue weighted by atomic mass is 10.0. The van der Waals surface area contributed by atoms with Crippen LogP contribution in [0.1, 0.15) is 19.4 Å². The van der Waals surface area contributed by atoms with Crippen LogP contribution in [0, 0.1) is 5.92 Å². The van der Waals surface area contributed by atoms with Crippen LogP contribution < -0.4 is 19.5 Å². The second-order valence-electron chi connectivity index (χ2n) is 4.86. The van der Waals surface area contributed by atoms with E-state index in [1.165, 1.54) is 0 Å². The molecule has 0 aromatic heterocycles. The lowest BCUT2D eigenvalue weighted by Crippen LogP contribution is -2.33. The fourth-order valence-electron chi connectivity index (χ4n) is 1.92. The summed E-state index contributed by atoms with van der Waals surface area (Å²) < 4.78 is 16.0. The van der Waals surface area contributed by atoms with Gasteiger partial charge in [-0.05, 0) is 30.5 Å². The van der Waals surface area contributed by atoms with Crippen molar-refractivity contribution in [1.82, 2.24) is 5.32 Å². The van der Waals surface area contributed by atoms with Crippen LogP contribution >= 0.6 is 0 Å². The maximum atomic E-state index is 9.11. The molecule has 0 spiro atoms. The normalized spacial score (nSPS) is 16.2. The summed E-state index contributed by atoms with van der Waals surface area (Å²) >= 11 is 0. The van der Waals surface area contributed by atoms with Gasteiger partial charge in [-0.3, -0.25) is 0 Å². The molecule has 1 aliphatic rings. The summed E-state index contributed by atoms with van der Waals surface area (Å²) in [6.07, 6.45) is 0. The van der Waals surface area contributed by atoms with E-state index in [1.54, 1.807) is 7.11 Å². The molecule has 2 unspecified atom stereocenters. The lowest BCUT2D eigenvalue weighted by molar-refractivity contribution is 0.171. The molecule has 1 aromatic carbocycles. The fraction of sp³-hybridized carbons (Fsp3) is 0.571. The van der Waals surface area contributed by atoms with Crippen molar-refractivity contribution >= 4 is 0 Å². The van der Waals surface area contributed by atoms with Crippen molar-refractivity contribution in [2.75, 3.05) is 20.5 Å². The zero-order valence-electron chi connectivity index (χ0n) is 11.6. The quantitative estimate of drug-likeness (QED) is 0.818. The highest BCUT2D eigenvalue weighted by molar-refractivity contribution is 5.55. The van der Waals surface area contributed by atoms with Crippen molar-refractivity contribution in [3.05, 3.63) is 17.7 Å². The van der Waals surface area contributed by atoms with Crippen molar-refractivity contribution in [3.63, 3.8) is 0 Å². The van der Waals surface area contributed by atoms with Crippen LogP contribution in [0.3, 0.4) is 0 Å². The molecule has 1 aliphatic heterocycles. The third kappa shape index (κ3) is 3.11. The Bertz CT molecular complexity index is 436. The molecule has 1 heterocycles. The summed E-state index contributed by atoms with van der Waals surface area (Å²) in [5.41, 5.74) is 1.07. The Balaban J connectivity index is 2.05. The molecule has 2 rings (SSSR count). The van der Waals surface area contributed by atoms with Crippen LogP contribution in [0.25, 0.3) is 0 Å². The number of hydrogen-bond acceptors (Lipinski definition) is 5. The second kappa shape index (κ2) is 6.12. The minimum absolute atomic E-state index is 0.179. The Morgan fingerprint density at radius 3 is 2.84 bits per heavy atom. The van der Waals surface area contributed by atoms with Gasteiger partial charge < -0.3 is 24.6 Å². The average Bonchev–Trinajstić information content (AvgIpc) is 2.91. The van der Waals surface area contributed by atoms with E-state index in [0.717, 1.165) is 11.3 Å². The molecule has 106 valence electrons. The van der Waals surface area contributed by atoms with Gasteiger partial charge in [-0.2, -0.15) is 0 Å². The number of aliphatic hydroxyl groups excluding tert-OH is 1. The highest BCUT2D eigenvalue weighted by Gasteiger charge is 2.20. The predicted molar refractivity (Wildman–Crippen MR) is 71.7 cm³/mol. The van der Waals surface area contributed by atoms with Crippen molar-refractivity contribution in [1.29, 1.82) is 0 Å². The largest absolute Gasteiger partial charge is 0.493 e. The standard InChI is InChI=1S/C14H21NO4/c1-9(7-16)10(2)15-6-11-4-12(17-3)14-13(5-11)18-8-19-14/h4-5,9-10,15-16H,6-8H2,1-3H3. The summed E-state index contributed by atoms with van der Waals surface area (Å²) in [5, 5.41) is 12.5. The number of methoxy groups -OCH3 is 1. The van der Waals surface area contributed by atoms with E-state index in [0.29, 0.717) is 18.0 Å². The first kappa shape index (κ1) is 14.0. The minimum Gasteiger partial charge on any atom is -0.493 e. The van der Waals surface area contributed by atoms with Crippen LogP contribution in [-0.2, 0) is 6.54 Å². The van der Waals surface area contributed by atoms with E-state index in [9.17, 15) is 0 Å². The Hall–Kier alpha value is -1.46. The first-order valence-electron chi connectivity index (χ1n) is 6.46. The monoisotopic (exact) mass is 267 g/mol. The van der Waals surface area contributed by atoms with Crippen LogP contribution in [-0.4, -0.2) is 31.7 Å². The van der Waals surface area contributed by atoms with Gasteiger partial charge in [0.05, 0.1) is 7.11 Å². The minimum atomic E-state index is 0.179. The molecule has 2 atom stereocenters. The van der Waals surface area contributed by atoms with Crippen molar-refractivity contribution in [2.45, 2.75) is 26.4 Å². The highest BCUT2D eigenvalue weighted by Crippen LogP contribution is 2.41. The lowest BCUT2D eigenvalue weighted by Gasteiger charge is -2.19. The predicted octanol–water partition coefficient (Wildman–Crippen LogP) is 1.53. The van der Waals surface area contributed by atoms with Crippen LogP contribution in [0.5, 0.6) is 17.2 Å². The molecular weight excluding hydrogens is 246 g/mol. The Kier molecular flexibility index (Phi) is 4.50. The topological polar surface area (TPSA) is 60.0 Å². The van der Waals surface area contributed by atoms with Gasteiger partial charge in [0.1, 0.15) is 0 Å². The van der Waals surface area contributed by atoms with E-state index in [2.05, 4.69) is 12.2 Å². The summed E-state index contributed by atoms with van der Waals surface area (Å²) in [6.45, 7) is 5.18. The molecular formula is C14H21NO4. The highest BCUT2D eigenvalue weighted by atomic mass is 16.7. The molecule has 0 saturated heterocycles. The van der Waals surface area contributed by atoms with E-state index in [4.69, 9.17) is 19.3 Å². The van der Waals surface area contributed by atoms with E-state index in [1.807, 2.05) is 19.1 Å². The van der Waals surface area contributed by atoms with Gasteiger partial charge in [0.15, 0.2) is 11.5 Å². The summed E-state index contributed by atoms with van der Waals surface area (Å²) in [6, 6.07) is 4.13. The fourth-order valence-corrected chi connectivity index (χ4v) is 1.92. The van der Waals surface area contributed by atoms with Gasteiger partial charge in [-0.25, -0.2) is 0 Å². The van der Waals surface area contributed by atoms with E-state index < -0.39 is 0 Å². The van der Waals surface area contributed by atoms with Gasteiger partial charge >= 0.3 is 0 Å². The first-order chi connectivity index (χ1) is 9.15. The molecule has 0 saturated carbocycles. The molecule has 19 heavy (non-hydrogen) atoms. The first-order valence-corrected chi connectivity index (χ1v) is 6.46. The van der Waals surface area contributed by atoms with Gasteiger partial charge in [0.25, 0.3) is 0 Å². The summed E-state index contributed by atoms with van der Waals surface area (Å²) in [4.78, 5) is 0. The van der Waals surface area contributed by atoms with E-state index in [-0.39, 0.29) is 25.4 Å². The third-order valence-electron chi connectivity index (χ3n) is 3.49. The van der Waals surface area contributed by atoms with Crippen molar-refractivity contribution in [3.8, 4) is 17.2 Å². The number of fused-ring (bicyclic) bond motifs is 1. The molecule has 0 bridgehead atoms. The molecule has 5 nitrogen and oxygen atoms in total. The molecule has 5 heteroatoms. The van der Waals surface area contributed by atoms with Crippen LogP contribution in [0.2, 0.25) is 0 Å². The number of hydrogen-bond donors (Lipinski definition) is 2. The van der Waals surface area contributed by atoms with Crippen LogP contribution in [0.15, 0.2) is 12.1 Å². The van der Waals surface area contributed by atoms with Gasteiger partial charge in [-0.15, -0.1) is 0 Å². The number of aliphatic hydroxyl groups is 1. The van der Waals surface area contributed by atoms with Crippen molar-refractivity contribution in [2.24, 2.45) is 5.92 Å². The zero-order valence-corrected chi connectivity index (χ0v) is 11.6. The maximum absolute atomic E-state index is 9.11. The summed E-state index contributed by atoms with van der Waals surface area (Å²) in [5.74, 6) is 2.30. The maximum Gasteiger partial charge on any atom is 0.231 e. The molecule has 2 N–H and O–H groups in total. The average molecular weight is 267 g/mol. The molecule has 0 radical (unpaired) electrons. The smallest absolute Gasteiger partial charge is 0.231 e. The number of rotatable bonds is 6. The molecule has 0 aliphatic carbocycles.